The summed E-state index contributed by atoms with van der Waals surface area (Å²) >= 11 is 1.49. The Kier molecular flexibility index (Phi) is 3.46. The van der Waals surface area contributed by atoms with Crippen molar-refractivity contribution < 1.29 is 4.92 Å². The molecule has 2 aromatic rings. The number of nitro groups is 1. The largest absolute Gasteiger partial charge is 0.314 e. The predicted molar refractivity (Wildman–Crippen MR) is 67.0 cm³/mol. The standard InChI is InChI=1S/C11H11N3O2S/c1-12-6-11-13-9(7-17-11)8-4-2-3-5-10(8)14(15)16/h2-5,7,12H,6H2,1H3. The third kappa shape index (κ3) is 2.48. The van der Waals surface area contributed by atoms with E-state index in [-0.39, 0.29) is 10.6 Å². The summed E-state index contributed by atoms with van der Waals surface area (Å²) in [6, 6.07) is 6.64. The molecule has 0 aliphatic carbocycles. The van der Waals surface area contributed by atoms with E-state index in [1.165, 1.54) is 17.4 Å². The maximum absolute atomic E-state index is 10.9. The second-order valence-corrected chi connectivity index (χ2v) is 4.37. The number of nitro benzene ring substituents is 1. The Morgan fingerprint density at radius 3 is 2.94 bits per heavy atom. The number of hydrogen-bond donors (Lipinski definition) is 1. The Balaban J connectivity index is 2.41. The van der Waals surface area contributed by atoms with E-state index in [9.17, 15) is 10.1 Å². The second-order valence-electron chi connectivity index (χ2n) is 3.43. The molecule has 6 heteroatoms. The number of nitrogens with one attached hydrogen (secondary N) is 1. The molecule has 1 aromatic heterocycles. The lowest BCUT2D eigenvalue weighted by molar-refractivity contribution is -0.384. The zero-order valence-electron chi connectivity index (χ0n) is 9.21. The molecule has 2 rings (SSSR count). The predicted octanol–water partition coefficient (Wildman–Crippen LogP) is 2.44. The summed E-state index contributed by atoms with van der Waals surface area (Å²) in [5, 5.41) is 16.7. The van der Waals surface area contributed by atoms with Gasteiger partial charge in [-0.15, -0.1) is 11.3 Å². The summed E-state index contributed by atoms with van der Waals surface area (Å²) in [5.41, 5.74) is 1.32. The number of aromatic nitrogens is 1. The quantitative estimate of drug-likeness (QED) is 0.667. The van der Waals surface area contributed by atoms with Crippen molar-refractivity contribution in [2.75, 3.05) is 7.05 Å². The first kappa shape index (κ1) is 11.7. The van der Waals surface area contributed by atoms with Crippen molar-refractivity contribution in [1.29, 1.82) is 0 Å². The van der Waals surface area contributed by atoms with Crippen molar-refractivity contribution in [2.24, 2.45) is 0 Å². The van der Waals surface area contributed by atoms with E-state index >= 15 is 0 Å². The smallest absolute Gasteiger partial charge is 0.278 e. The lowest BCUT2D eigenvalue weighted by atomic mass is 10.1. The van der Waals surface area contributed by atoms with E-state index < -0.39 is 0 Å². The van der Waals surface area contributed by atoms with E-state index in [0.717, 1.165) is 5.01 Å². The SMILES string of the molecule is CNCc1nc(-c2ccccc2[N+](=O)[O-])cs1. The van der Waals surface area contributed by atoms with Crippen LogP contribution in [0.3, 0.4) is 0 Å². The van der Waals surface area contributed by atoms with Gasteiger partial charge in [0.25, 0.3) is 5.69 Å². The summed E-state index contributed by atoms with van der Waals surface area (Å²) < 4.78 is 0. The van der Waals surface area contributed by atoms with Crippen LogP contribution >= 0.6 is 11.3 Å². The van der Waals surface area contributed by atoms with Gasteiger partial charge in [-0.2, -0.15) is 0 Å². The molecule has 0 radical (unpaired) electrons. The van der Waals surface area contributed by atoms with Gasteiger partial charge in [-0.25, -0.2) is 4.98 Å². The first-order valence-electron chi connectivity index (χ1n) is 5.05. The summed E-state index contributed by atoms with van der Waals surface area (Å²) in [4.78, 5) is 14.9. The van der Waals surface area contributed by atoms with Crippen LogP contribution in [0.25, 0.3) is 11.3 Å². The molecule has 5 nitrogen and oxygen atoms in total. The fraction of sp³-hybridized carbons (Fsp3) is 0.182. The molecule has 1 aromatic carbocycles. The third-order valence-electron chi connectivity index (χ3n) is 2.26. The van der Waals surface area contributed by atoms with Gasteiger partial charge in [-0.3, -0.25) is 10.1 Å². The average Bonchev–Trinajstić information content (AvgIpc) is 2.78. The van der Waals surface area contributed by atoms with Crippen LogP contribution < -0.4 is 5.32 Å². The molecule has 0 saturated carbocycles. The van der Waals surface area contributed by atoms with Gasteiger partial charge in [0.05, 0.1) is 16.2 Å². The monoisotopic (exact) mass is 249 g/mol. The normalized spacial score (nSPS) is 10.4. The van der Waals surface area contributed by atoms with Crippen molar-refractivity contribution in [2.45, 2.75) is 6.54 Å². The minimum Gasteiger partial charge on any atom is -0.314 e. The third-order valence-corrected chi connectivity index (χ3v) is 3.11. The number of benzene rings is 1. The molecule has 0 atom stereocenters. The molecule has 17 heavy (non-hydrogen) atoms. The van der Waals surface area contributed by atoms with Crippen LogP contribution in [0.2, 0.25) is 0 Å². The highest BCUT2D eigenvalue weighted by molar-refractivity contribution is 7.09. The highest BCUT2D eigenvalue weighted by atomic mass is 32.1. The van der Waals surface area contributed by atoms with Crippen molar-refractivity contribution in [3.05, 3.63) is 44.8 Å². The van der Waals surface area contributed by atoms with Crippen LogP contribution in [-0.2, 0) is 6.54 Å². The summed E-state index contributed by atoms with van der Waals surface area (Å²) in [7, 11) is 1.84. The molecule has 1 heterocycles. The fourth-order valence-corrected chi connectivity index (χ4v) is 2.32. The van der Waals surface area contributed by atoms with Gasteiger partial charge < -0.3 is 5.32 Å². The lowest BCUT2D eigenvalue weighted by Gasteiger charge is -1.98. The van der Waals surface area contributed by atoms with Crippen molar-refractivity contribution in [3.8, 4) is 11.3 Å². The minimum absolute atomic E-state index is 0.0915. The first-order valence-corrected chi connectivity index (χ1v) is 5.93. The van der Waals surface area contributed by atoms with E-state index in [1.807, 2.05) is 12.4 Å². The minimum atomic E-state index is -0.383. The van der Waals surface area contributed by atoms with Gasteiger partial charge in [0.2, 0.25) is 0 Å². The molecule has 0 aliphatic rings. The van der Waals surface area contributed by atoms with Crippen LogP contribution in [0.1, 0.15) is 5.01 Å². The van der Waals surface area contributed by atoms with Gasteiger partial charge in [-0.1, -0.05) is 12.1 Å². The number of rotatable bonds is 4. The number of hydrogen-bond acceptors (Lipinski definition) is 5. The molecule has 0 saturated heterocycles. The molecule has 0 amide bonds. The molecular formula is C11H11N3O2S. The molecule has 0 unspecified atom stereocenters. The highest BCUT2D eigenvalue weighted by Crippen LogP contribution is 2.30. The Morgan fingerprint density at radius 1 is 1.47 bits per heavy atom. The Hall–Kier alpha value is -1.79. The van der Waals surface area contributed by atoms with E-state index in [0.29, 0.717) is 17.8 Å². The van der Waals surface area contributed by atoms with E-state index in [2.05, 4.69) is 10.3 Å². The molecule has 88 valence electrons. The van der Waals surface area contributed by atoms with Crippen molar-refractivity contribution in [3.63, 3.8) is 0 Å². The molecule has 0 spiro atoms. The molecule has 0 bridgehead atoms. The lowest BCUT2D eigenvalue weighted by Crippen LogP contribution is -2.04. The summed E-state index contributed by atoms with van der Waals surface area (Å²) in [5.74, 6) is 0. The Labute approximate surface area is 102 Å². The Bertz CT molecular complexity index is 539. The maximum atomic E-state index is 10.9. The Morgan fingerprint density at radius 2 is 2.24 bits per heavy atom. The zero-order valence-corrected chi connectivity index (χ0v) is 10.0. The van der Waals surface area contributed by atoms with Crippen LogP contribution in [-0.4, -0.2) is 17.0 Å². The summed E-state index contributed by atoms with van der Waals surface area (Å²) in [6.07, 6.45) is 0. The van der Waals surface area contributed by atoms with E-state index in [4.69, 9.17) is 0 Å². The van der Waals surface area contributed by atoms with Crippen LogP contribution in [0.5, 0.6) is 0 Å². The highest BCUT2D eigenvalue weighted by Gasteiger charge is 2.16. The van der Waals surface area contributed by atoms with Crippen LogP contribution in [0.15, 0.2) is 29.6 Å². The van der Waals surface area contributed by atoms with E-state index in [1.54, 1.807) is 18.2 Å². The second kappa shape index (κ2) is 5.03. The van der Waals surface area contributed by atoms with Gasteiger partial charge in [0.15, 0.2) is 0 Å². The number of para-hydroxylation sites is 1. The fourth-order valence-electron chi connectivity index (χ4n) is 1.52. The molecule has 1 N–H and O–H groups in total. The van der Waals surface area contributed by atoms with Gasteiger partial charge in [0.1, 0.15) is 5.01 Å². The van der Waals surface area contributed by atoms with Crippen LogP contribution in [0.4, 0.5) is 5.69 Å². The average molecular weight is 249 g/mol. The van der Waals surface area contributed by atoms with Gasteiger partial charge in [0, 0.05) is 18.0 Å². The van der Waals surface area contributed by atoms with Gasteiger partial charge in [-0.05, 0) is 13.1 Å². The maximum Gasteiger partial charge on any atom is 0.278 e. The molecule has 0 aliphatic heterocycles. The van der Waals surface area contributed by atoms with Crippen molar-refractivity contribution in [1.82, 2.24) is 10.3 Å². The van der Waals surface area contributed by atoms with Crippen LogP contribution in [0, 0.1) is 10.1 Å². The van der Waals surface area contributed by atoms with Gasteiger partial charge >= 0.3 is 0 Å². The topological polar surface area (TPSA) is 68.1 Å². The number of thiazole rings is 1. The molecule has 0 fully saturated rings. The van der Waals surface area contributed by atoms with Crippen molar-refractivity contribution >= 4 is 17.0 Å². The summed E-state index contributed by atoms with van der Waals surface area (Å²) in [6.45, 7) is 0.672. The first-order chi connectivity index (χ1) is 8.22. The number of nitrogens with zero attached hydrogens (tertiary/aromatic N) is 2. The molecular weight excluding hydrogens is 238 g/mol. The zero-order chi connectivity index (χ0) is 12.3.